The van der Waals surface area contributed by atoms with Crippen molar-refractivity contribution in [1.29, 1.82) is 0 Å². The number of aldehydes is 1. The summed E-state index contributed by atoms with van der Waals surface area (Å²) < 4.78 is 16.4. The van der Waals surface area contributed by atoms with Gasteiger partial charge in [-0.1, -0.05) is 46.4 Å². The van der Waals surface area contributed by atoms with Crippen LogP contribution in [0.25, 0.3) is 44.6 Å². The molecule has 1 atom stereocenters. The number of methoxy groups -OCH3 is 1. The minimum absolute atomic E-state index is 0. The highest BCUT2D eigenvalue weighted by atomic mass is 35.5. The molecule has 0 saturated heterocycles. The molecule has 0 radical (unpaired) electrons. The smallest absolute Gasteiger partial charge is 0.259 e. The number of hydrogen-bond acceptors (Lipinski definition) is 8. The van der Waals surface area contributed by atoms with E-state index in [1.54, 1.807) is 79.9 Å². The topological polar surface area (TPSA) is 136 Å². The average molecular weight is 765 g/mol. The quantitative estimate of drug-likeness (QED) is 0.141. The first-order valence-electron chi connectivity index (χ1n) is 14.3. The lowest BCUT2D eigenvalue weighted by molar-refractivity contribution is -0.109. The number of aromatic amines is 2. The predicted octanol–water partition coefficient (Wildman–Crippen LogP) is 8.21. The Morgan fingerprint density at radius 3 is 1.57 bits per heavy atom. The van der Waals surface area contributed by atoms with E-state index >= 15 is 0 Å². The molecule has 10 nitrogen and oxygen atoms in total. The van der Waals surface area contributed by atoms with Gasteiger partial charge in [0.1, 0.15) is 36.4 Å². The van der Waals surface area contributed by atoms with Crippen molar-refractivity contribution >= 4 is 86.9 Å². The van der Waals surface area contributed by atoms with Gasteiger partial charge in [-0.2, -0.15) is 0 Å². The maximum absolute atomic E-state index is 12.4. The van der Waals surface area contributed by atoms with Crippen LogP contribution in [0.2, 0.25) is 20.1 Å². The summed E-state index contributed by atoms with van der Waals surface area (Å²) >= 11 is 24.0. The van der Waals surface area contributed by atoms with E-state index in [0.29, 0.717) is 89.1 Å². The van der Waals surface area contributed by atoms with Gasteiger partial charge in [0.2, 0.25) is 0 Å². The molecule has 0 aliphatic heterocycles. The van der Waals surface area contributed by atoms with Crippen molar-refractivity contribution in [3.8, 4) is 34.3 Å². The number of carbonyl (C=O) groups excluding carboxylic acids is 1. The second kappa shape index (κ2) is 17.0. The second-order valence-corrected chi connectivity index (χ2v) is 12.0. The van der Waals surface area contributed by atoms with E-state index in [0.717, 1.165) is 0 Å². The minimum atomic E-state index is -0.325. The van der Waals surface area contributed by atoms with Gasteiger partial charge >= 0.3 is 0 Å². The molecular weight excluding hydrogens is 738 g/mol. The summed E-state index contributed by atoms with van der Waals surface area (Å²) in [5, 5.41) is 2.72. The van der Waals surface area contributed by atoms with E-state index < -0.39 is 0 Å². The Labute approximate surface area is 305 Å². The van der Waals surface area contributed by atoms with Crippen molar-refractivity contribution in [3.63, 3.8) is 0 Å². The third-order valence-electron chi connectivity index (χ3n) is 6.91. The van der Waals surface area contributed by atoms with Crippen LogP contribution in [0.4, 0.5) is 0 Å². The largest absolute Gasteiger partial charge is 0.490 e. The molecule has 1 unspecified atom stereocenters. The zero-order valence-electron chi connectivity index (χ0n) is 25.8. The number of nitrogens with one attached hydrogen (secondary N) is 2. The highest BCUT2D eigenvalue weighted by molar-refractivity contribution is 6.32. The monoisotopic (exact) mass is 762 g/mol. The van der Waals surface area contributed by atoms with Gasteiger partial charge in [-0.25, -0.2) is 9.97 Å². The zero-order valence-corrected chi connectivity index (χ0v) is 29.6. The Morgan fingerprint density at radius 2 is 1.12 bits per heavy atom. The van der Waals surface area contributed by atoms with Crippen LogP contribution in [0.5, 0.6) is 11.5 Å². The fourth-order valence-electron chi connectivity index (χ4n) is 4.50. The Kier molecular flexibility index (Phi) is 13.0. The van der Waals surface area contributed by atoms with E-state index in [1.165, 1.54) is 0 Å². The van der Waals surface area contributed by atoms with Crippen LogP contribution in [0.3, 0.4) is 0 Å². The van der Waals surface area contributed by atoms with Crippen molar-refractivity contribution < 1.29 is 19.0 Å². The minimum Gasteiger partial charge on any atom is -0.490 e. The van der Waals surface area contributed by atoms with Crippen molar-refractivity contribution in [2.75, 3.05) is 20.3 Å². The Bertz CT molecular complexity index is 2240. The van der Waals surface area contributed by atoms with E-state index in [9.17, 15) is 14.4 Å². The highest BCUT2D eigenvalue weighted by Crippen LogP contribution is 2.32. The number of fused-ring (bicyclic) bond motifs is 2. The van der Waals surface area contributed by atoms with Crippen LogP contribution >= 0.6 is 58.8 Å². The van der Waals surface area contributed by atoms with Crippen molar-refractivity contribution in [2.24, 2.45) is 0 Å². The van der Waals surface area contributed by atoms with Crippen LogP contribution in [0.1, 0.15) is 6.92 Å². The molecule has 0 fully saturated rings. The summed E-state index contributed by atoms with van der Waals surface area (Å²) in [5.74, 6) is 1.64. The SMILES string of the molecule is COC(C)COc1ccc(Cl)cc1-c1nc2ccc(Cl)cc2c(=O)[nH]1.Cl.O=CCOc1ccc(Cl)cc1-c1nc2ccc(Cl)cc2c(=O)[nH]1. The lowest BCUT2D eigenvalue weighted by Crippen LogP contribution is -2.16. The van der Waals surface area contributed by atoms with Gasteiger partial charge in [0.05, 0.1) is 39.0 Å². The molecule has 0 aliphatic carbocycles. The third kappa shape index (κ3) is 9.30. The fourth-order valence-corrected chi connectivity index (χ4v) is 5.19. The first kappa shape index (κ1) is 37.7. The molecule has 2 N–H and O–H groups in total. The van der Waals surface area contributed by atoms with Gasteiger partial charge in [-0.3, -0.25) is 14.4 Å². The Hall–Kier alpha value is -4.16. The van der Waals surface area contributed by atoms with Gasteiger partial charge in [0, 0.05) is 27.2 Å². The number of hydrogen-bond donors (Lipinski definition) is 2. The number of nitrogens with zero attached hydrogens (tertiary/aromatic N) is 2. The molecule has 6 aromatic rings. The maximum atomic E-state index is 12.4. The summed E-state index contributed by atoms with van der Waals surface area (Å²) in [6, 6.07) is 19.9. The van der Waals surface area contributed by atoms with Crippen molar-refractivity contribution in [3.05, 3.63) is 114 Å². The first-order valence-corrected chi connectivity index (χ1v) is 15.8. The summed E-state index contributed by atoms with van der Waals surface area (Å²) in [6.07, 6.45) is 0.561. The zero-order chi connectivity index (χ0) is 34.4. The molecule has 49 heavy (non-hydrogen) atoms. The maximum Gasteiger partial charge on any atom is 0.259 e. The van der Waals surface area contributed by atoms with Crippen molar-refractivity contribution in [1.82, 2.24) is 19.9 Å². The molecule has 4 aromatic carbocycles. The summed E-state index contributed by atoms with van der Waals surface area (Å²) in [6.45, 7) is 2.15. The van der Waals surface area contributed by atoms with Gasteiger partial charge in [-0.05, 0) is 79.7 Å². The molecule has 2 aromatic heterocycles. The number of rotatable bonds is 9. The molecule has 0 bridgehead atoms. The molecule has 15 heteroatoms. The first-order chi connectivity index (χ1) is 23.1. The fraction of sp³-hybridized carbons (Fsp3) is 0.147. The van der Waals surface area contributed by atoms with Gasteiger partial charge in [0.25, 0.3) is 11.1 Å². The molecule has 254 valence electrons. The number of benzene rings is 4. The average Bonchev–Trinajstić information content (AvgIpc) is 3.07. The van der Waals surface area contributed by atoms with E-state index in [-0.39, 0.29) is 36.2 Å². The number of ether oxygens (including phenoxy) is 3. The van der Waals surface area contributed by atoms with Gasteiger partial charge < -0.3 is 24.2 Å². The number of carbonyl (C=O) groups is 1. The van der Waals surface area contributed by atoms with Crippen LogP contribution < -0.4 is 20.6 Å². The molecular formula is C34H27Cl5N4O6. The van der Waals surface area contributed by atoms with Gasteiger partial charge in [-0.15, -0.1) is 12.4 Å². The van der Waals surface area contributed by atoms with E-state index in [1.807, 2.05) is 6.92 Å². The Morgan fingerprint density at radius 1 is 0.694 bits per heavy atom. The molecule has 0 amide bonds. The molecule has 0 aliphatic rings. The molecule has 2 heterocycles. The number of H-pyrrole nitrogens is 2. The van der Waals surface area contributed by atoms with E-state index in [2.05, 4.69) is 19.9 Å². The highest BCUT2D eigenvalue weighted by Gasteiger charge is 2.15. The summed E-state index contributed by atoms with van der Waals surface area (Å²) in [7, 11) is 1.62. The Balaban J connectivity index is 0.000000217. The standard InChI is InChI=1S/C18H16Cl2N2O3.C16H10Cl2N2O3.ClH/c1-10(24-2)9-25-16-6-4-12(20)8-14(16)17-21-15-5-3-11(19)7-13(15)18(23)22-17;17-9-1-3-13-11(7-9)16(22)20-15(19-13)12-8-10(18)2-4-14(12)23-6-5-21;/h3-8,10H,9H2,1-2H3,(H,21,22,23);1-5,7-8H,6H2,(H,19,20,22);1H. The van der Waals surface area contributed by atoms with Crippen LogP contribution in [0.15, 0.2) is 82.4 Å². The summed E-state index contributed by atoms with van der Waals surface area (Å²) in [5.41, 5.74) is 1.53. The predicted molar refractivity (Wildman–Crippen MR) is 196 cm³/mol. The normalized spacial score (nSPS) is 11.3. The molecule has 6 rings (SSSR count). The van der Waals surface area contributed by atoms with E-state index in [4.69, 9.17) is 60.6 Å². The van der Waals surface area contributed by atoms with Crippen LogP contribution in [-0.4, -0.2) is 52.6 Å². The lowest BCUT2D eigenvalue weighted by Gasteiger charge is -2.15. The molecule has 0 spiro atoms. The molecule has 0 saturated carbocycles. The second-order valence-electron chi connectivity index (χ2n) is 10.3. The summed E-state index contributed by atoms with van der Waals surface area (Å²) in [4.78, 5) is 49.5. The number of halogens is 5. The number of aromatic nitrogens is 4. The van der Waals surface area contributed by atoms with Crippen LogP contribution in [0, 0.1) is 0 Å². The van der Waals surface area contributed by atoms with Crippen LogP contribution in [-0.2, 0) is 9.53 Å². The van der Waals surface area contributed by atoms with Gasteiger partial charge in [0.15, 0.2) is 6.29 Å². The lowest BCUT2D eigenvalue weighted by atomic mass is 10.1. The third-order valence-corrected chi connectivity index (χ3v) is 7.85. The van der Waals surface area contributed by atoms with Crippen molar-refractivity contribution in [2.45, 2.75) is 13.0 Å².